The van der Waals surface area contributed by atoms with Crippen LogP contribution < -0.4 is 5.30 Å². The molecule has 0 aliphatic carbocycles. The van der Waals surface area contributed by atoms with E-state index >= 15 is 0 Å². The number of hydrogen-bond acceptors (Lipinski definition) is 2. The minimum Gasteiger partial charge on any atom is -0.324 e. The van der Waals surface area contributed by atoms with Gasteiger partial charge in [0.25, 0.3) is 0 Å². The Labute approximate surface area is 91.8 Å². The van der Waals surface area contributed by atoms with Gasteiger partial charge in [0, 0.05) is 11.5 Å². The van der Waals surface area contributed by atoms with Gasteiger partial charge in [-0.05, 0) is 32.2 Å². The Kier molecular flexibility index (Phi) is 3.63. The van der Waals surface area contributed by atoms with Crippen LogP contribution >= 0.6 is 14.3 Å². The van der Waals surface area contributed by atoms with Gasteiger partial charge in [0.05, 0.1) is 7.14 Å². The highest BCUT2D eigenvalue weighted by Gasteiger charge is 2.12. The Morgan fingerprint density at radius 3 is 1.73 bits per heavy atom. The molecule has 15 heavy (non-hydrogen) atoms. The van der Waals surface area contributed by atoms with Crippen LogP contribution in [-0.2, 0) is 15.3 Å². The second kappa shape index (κ2) is 4.28. The second-order valence-electron chi connectivity index (χ2n) is 4.75. The van der Waals surface area contributed by atoms with E-state index in [1.165, 1.54) is 0 Å². The molecular weight excluding hydrogens is 226 g/mol. The van der Waals surface area contributed by atoms with E-state index in [1.807, 2.05) is 24.3 Å². The van der Waals surface area contributed by atoms with Crippen molar-refractivity contribution in [3.8, 4) is 0 Å². The van der Waals surface area contributed by atoms with E-state index in [2.05, 4.69) is 0 Å². The molecule has 2 nitrogen and oxygen atoms in total. The molecule has 0 unspecified atom stereocenters. The van der Waals surface area contributed by atoms with Crippen molar-refractivity contribution in [2.45, 2.75) is 6.16 Å². The molecule has 84 valence electrons. The van der Waals surface area contributed by atoms with E-state index in [-0.39, 0.29) is 0 Å². The van der Waals surface area contributed by atoms with Crippen LogP contribution in [0.3, 0.4) is 0 Å². The number of rotatable bonds is 3. The molecule has 1 aromatic rings. The zero-order valence-electron chi connectivity index (χ0n) is 9.73. The van der Waals surface area contributed by atoms with Crippen molar-refractivity contribution in [3.63, 3.8) is 0 Å². The van der Waals surface area contributed by atoms with Crippen LogP contribution in [0.15, 0.2) is 24.3 Å². The van der Waals surface area contributed by atoms with Crippen molar-refractivity contribution in [2.75, 3.05) is 26.7 Å². The van der Waals surface area contributed by atoms with Gasteiger partial charge in [-0.2, -0.15) is 0 Å². The van der Waals surface area contributed by atoms with Crippen molar-refractivity contribution in [1.29, 1.82) is 0 Å². The summed E-state index contributed by atoms with van der Waals surface area (Å²) in [5.41, 5.74) is 1.06. The lowest BCUT2D eigenvalue weighted by Gasteiger charge is -2.09. The summed E-state index contributed by atoms with van der Waals surface area (Å²) in [5.74, 6) is 0. The SMILES string of the molecule is CP(C)(=O)Cc1ccc(P(C)(C)=O)cc1. The maximum absolute atomic E-state index is 11.8. The Bertz CT molecular complexity index is 422. The quantitative estimate of drug-likeness (QED) is 0.766. The lowest BCUT2D eigenvalue weighted by atomic mass is 10.2. The maximum Gasteiger partial charge on any atom is 0.109 e. The lowest BCUT2D eigenvalue weighted by molar-refractivity contribution is 0.582. The van der Waals surface area contributed by atoms with Crippen LogP contribution in [0.5, 0.6) is 0 Å². The van der Waals surface area contributed by atoms with Gasteiger partial charge in [0.1, 0.15) is 7.14 Å². The highest BCUT2D eigenvalue weighted by atomic mass is 31.2. The Balaban J connectivity index is 2.92. The van der Waals surface area contributed by atoms with Gasteiger partial charge in [-0.15, -0.1) is 0 Å². The first kappa shape index (κ1) is 12.7. The smallest absolute Gasteiger partial charge is 0.109 e. The summed E-state index contributed by atoms with van der Waals surface area (Å²) in [6.45, 7) is 7.08. The Morgan fingerprint density at radius 2 is 1.40 bits per heavy atom. The molecule has 1 rings (SSSR count). The van der Waals surface area contributed by atoms with Crippen LogP contribution in [-0.4, -0.2) is 26.7 Å². The van der Waals surface area contributed by atoms with E-state index < -0.39 is 14.3 Å². The van der Waals surface area contributed by atoms with Gasteiger partial charge >= 0.3 is 0 Å². The van der Waals surface area contributed by atoms with Crippen molar-refractivity contribution < 1.29 is 9.13 Å². The molecule has 0 aromatic heterocycles. The minimum atomic E-state index is -2.16. The monoisotopic (exact) mass is 244 g/mol. The summed E-state index contributed by atoms with van der Waals surface area (Å²) in [7, 11) is -4.17. The first-order valence-electron chi connectivity index (χ1n) is 4.87. The van der Waals surface area contributed by atoms with Crippen molar-refractivity contribution in [1.82, 2.24) is 0 Å². The van der Waals surface area contributed by atoms with E-state index in [0.717, 1.165) is 10.9 Å². The van der Waals surface area contributed by atoms with Gasteiger partial charge in [-0.1, -0.05) is 24.3 Å². The minimum absolute atomic E-state index is 0.616. The molecule has 0 aliphatic rings. The van der Waals surface area contributed by atoms with Gasteiger partial charge in [0.2, 0.25) is 0 Å². The molecule has 0 fully saturated rings. The van der Waals surface area contributed by atoms with Crippen LogP contribution in [0.2, 0.25) is 0 Å². The van der Waals surface area contributed by atoms with Crippen molar-refractivity contribution in [2.24, 2.45) is 0 Å². The standard InChI is InChI=1S/C11H18O2P2/c1-14(2,12)9-10-5-7-11(8-6-10)15(3,4)13/h5-8H,9H2,1-4H3. The molecule has 0 atom stereocenters. The van der Waals surface area contributed by atoms with E-state index in [1.54, 1.807) is 26.7 Å². The van der Waals surface area contributed by atoms with Gasteiger partial charge < -0.3 is 9.13 Å². The summed E-state index contributed by atoms with van der Waals surface area (Å²) in [5, 5.41) is 0.883. The predicted octanol–water partition coefficient (Wildman–Crippen LogP) is 3.06. The molecule has 1 aromatic carbocycles. The zero-order chi connectivity index (χ0) is 11.7. The predicted molar refractivity (Wildman–Crippen MR) is 68.7 cm³/mol. The van der Waals surface area contributed by atoms with E-state index in [9.17, 15) is 9.13 Å². The van der Waals surface area contributed by atoms with Crippen LogP contribution in [0.25, 0.3) is 0 Å². The fourth-order valence-corrected chi connectivity index (χ4v) is 3.36. The Morgan fingerprint density at radius 1 is 0.933 bits per heavy atom. The molecular formula is C11H18O2P2. The highest BCUT2D eigenvalue weighted by Crippen LogP contribution is 2.40. The third kappa shape index (κ3) is 4.36. The Hall–Kier alpha value is -0.320. The molecule has 4 heteroatoms. The number of benzene rings is 1. The third-order valence-corrected chi connectivity index (χ3v) is 4.79. The zero-order valence-corrected chi connectivity index (χ0v) is 11.5. The van der Waals surface area contributed by atoms with E-state index in [0.29, 0.717) is 6.16 Å². The second-order valence-corrected chi connectivity index (χ2v) is 11.4. The summed E-state index contributed by atoms with van der Waals surface area (Å²) in [6.07, 6.45) is 0.616. The fraction of sp³-hybridized carbons (Fsp3) is 0.455. The average molecular weight is 244 g/mol. The molecule has 0 bridgehead atoms. The summed E-state index contributed by atoms with van der Waals surface area (Å²) in [4.78, 5) is 0. The van der Waals surface area contributed by atoms with Crippen LogP contribution in [0.1, 0.15) is 5.56 Å². The maximum atomic E-state index is 11.8. The first-order chi connectivity index (χ1) is 6.68. The molecule has 0 saturated carbocycles. The summed E-state index contributed by atoms with van der Waals surface area (Å²) in [6, 6.07) is 7.61. The topological polar surface area (TPSA) is 34.1 Å². The molecule has 0 spiro atoms. The summed E-state index contributed by atoms with van der Waals surface area (Å²) < 4.78 is 23.4. The molecule has 0 N–H and O–H groups in total. The largest absolute Gasteiger partial charge is 0.324 e. The summed E-state index contributed by atoms with van der Waals surface area (Å²) >= 11 is 0. The first-order valence-corrected chi connectivity index (χ1v) is 10.3. The van der Waals surface area contributed by atoms with Crippen LogP contribution in [0, 0.1) is 0 Å². The third-order valence-electron chi connectivity index (χ3n) is 2.12. The molecule has 0 radical (unpaired) electrons. The van der Waals surface area contributed by atoms with Crippen molar-refractivity contribution in [3.05, 3.63) is 29.8 Å². The van der Waals surface area contributed by atoms with Crippen LogP contribution in [0.4, 0.5) is 0 Å². The highest BCUT2D eigenvalue weighted by molar-refractivity contribution is 7.70. The van der Waals surface area contributed by atoms with Gasteiger partial charge in [-0.25, -0.2) is 0 Å². The molecule has 0 amide bonds. The van der Waals surface area contributed by atoms with Gasteiger partial charge in [0.15, 0.2) is 0 Å². The van der Waals surface area contributed by atoms with E-state index in [4.69, 9.17) is 0 Å². The average Bonchev–Trinajstić information content (AvgIpc) is 2.00. The molecule has 0 aliphatic heterocycles. The lowest BCUT2D eigenvalue weighted by Crippen LogP contribution is -2.02. The normalized spacial score (nSPS) is 12.8. The number of hydrogen-bond donors (Lipinski definition) is 0. The fourth-order valence-electron chi connectivity index (χ4n) is 1.40. The van der Waals surface area contributed by atoms with Gasteiger partial charge in [-0.3, -0.25) is 0 Å². The molecule has 0 saturated heterocycles. The van der Waals surface area contributed by atoms with Crippen molar-refractivity contribution >= 4 is 19.6 Å². The molecule has 0 heterocycles.